The van der Waals surface area contributed by atoms with Crippen LogP contribution in [0.2, 0.25) is 0 Å². The van der Waals surface area contributed by atoms with Crippen molar-refractivity contribution in [3.63, 3.8) is 0 Å². The zero-order chi connectivity index (χ0) is 9.19. The molecule has 66 valence electrons. The minimum Gasteiger partial charge on any atom is -0.260 e. The van der Waals surface area contributed by atoms with Gasteiger partial charge in [0.15, 0.2) is 0 Å². The third-order valence-electron chi connectivity index (χ3n) is 1.28. The fraction of sp³-hybridized carbons (Fsp3) is 0.286. The van der Waals surface area contributed by atoms with Crippen molar-refractivity contribution in [1.29, 1.82) is 0 Å². The van der Waals surface area contributed by atoms with Gasteiger partial charge in [-0.2, -0.15) is 13.2 Å². The zero-order valence-corrected chi connectivity index (χ0v) is 7.48. The highest BCUT2D eigenvalue weighted by atomic mass is 79.9. The van der Waals surface area contributed by atoms with Crippen molar-refractivity contribution >= 4 is 15.9 Å². The first-order valence-electron chi connectivity index (χ1n) is 3.12. The highest BCUT2D eigenvalue weighted by molar-refractivity contribution is 9.08. The Kier molecular flexibility index (Phi) is 2.72. The fourth-order valence-corrected chi connectivity index (χ4v) is 1.03. The molecule has 1 rings (SSSR count). The Hall–Kier alpha value is -0.580. The molecule has 0 radical (unpaired) electrons. The van der Waals surface area contributed by atoms with Gasteiger partial charge in [-0.05, 0) is 12.1 Å². The van der Waals surface area contributed by atoms with Crippen LogP contribution in [0, 0.1) is 0 Å². The summed E-state index contributed by atoms with van der Waals surface area (Å²) in [5.41, 5.74) is -0.281. The van der Waals surface area contributed by atoms with E-state index in [1.54, 1.807) is 0 Å². The van der Waals surface area contributed by atoms with Crippen molar-refractivity contribution in [2.75, 3.05) is 0 Å². The van der Waals surface area contributed by atoms with Crippen molar-refractivity contribution in [3.05, 3.63) is 29.6 Å². The van der Waals surface area contributed by atoms with Crippen molar-refractivity contribution in [2.24, 2.45) is 0 Å². The van der Waals surface area contributed by atoms with E-state index in [9.17, 15) is 13.2 Å². The van der Waals surface area contributed by atoms with Gasteiger partial charge in [-0.3, -0.25) is 4.98 Å². The Bertz CT molecular complexity index is 272. The molecule has 5 heteroatoms. The maximum absolute atomic E-state index is 12.1. The van der Waals surface area contributed by atoms with Gasteiger partial charge in [-0.15, -0.1) is 0 Å². The Balaban J connectivity index is 3.02. The first kappa shape index (κ1) is 9.51. The van der Waals surface area contributed by atoms with Crippen LogP contribution in [0.25, 0.3) is 0 Å². The van der Waals surface area contributed by atoms with Gasteiger partial charge in [0.25, 0.3) is 0 Å². The smallest absolute Gasteiger partial charge is 0.260 e. The normalized spacial score (nSPS) is 11.7. The standard InChI is InChI=1S/C7H5BrF3N/c8-4-6-3-5(1-2-12-6)7(9,10)11/h1-3H,4H2. The molecule has 12 heavy (non-hydrogen) atoms. The summed E-state index contributed by atoms with van der Waals surface area (Å²) in [6.45, 7) is 0. The Morgan fingerprint density at radius 3 is 2.58 bits per heavy atom. The number of halogens is 4. The number of rotatable bonds is 1. The molecule has 1 heterocycles. The molecule has 0 bridgehead atoms. The minimum atomic E-state index is -4.28. The van der Waals surface area contributed by atoms with Crippen molar-refractivity contribution in [1.82, 2.24) is 4.98 Å². The molecular weight excluding hydrogens is 235 g/mol. The van der Waals surface area contributed by atoms with Gasteiger partial charge in [0.05, 0.1) is 11.3 Å². The fourth-order valence-electron chi connectivity index (χ4n) is 0.728. The van der Waals surface area contributed by atoms with E-state index < -0.39 is 11.7 Å². The summed E-state index contributed by atoms with van der Waals surface area (Å²) in [6, 6.07) is 1.97. The van der Waals surface area contributed by atoms with E-state index >= 15 is 0 Å². The third-order valence-corrected chi connectivity index (χ3v) is 1.86. The van der Waals surface area contributed by atoms with Crippen LogP contribution in [-0.2, 0) is 11.5 Å². The van der Waals surface area contributed by atoms with E-state index in [2.05, 4.69) is 20.9 Å². The van der Waals surface area contributed by atoms with Gasteiger partial charge >= 0.3 is 6.18 Å². The monoisotopic (exact) mass is 239 g/mol. The summed E-state index contributed by atoms with van der Waals surface area (Å²) in [5.74, 6) is 0. The number of pyridine rings is 1. The van der Waals surface area contributed by atoms with E-state index in [4.69, 9.17) is 0 Å². The molecule has 1 aromatic rings. The Labute approximate surface area is 75.7 Å². The summed E-state index contributed by atoms with van der Waals surface area (Å²) >= 11 is 3.03. The lowest BCUT2D eigenvalue weighted by molar-refractivity contribution is -0.137. The molecule has 1 nitrogen and oxygen atoms in total. The second-order valence-corrected chi connectivity index (χ2v) is 2.73. The number of hydrogen-bond acceptors (Lipinski definition) is 1. The summed E-state index contributed by atoms with van der Waals surface area (Å²) in [6.07, 6.45) is -3.13. The third kappa shape index (κ3) is 2.20. The Morgan fingerprint density at radius 2 is 2.08 bits per heavy atom. The molecule has 0 aliphatic heterocycles. The summed E-state index contributed by atoms with van der Waals surface area (Å²) < 4.78 is 36.2. The average molecular weight is 240 g/mol. The number of aromatic nitrogens is 1. The number of hydrogen-bond donors (Lipinski definition) is 0. The summed E-state index contributed by atoms with van der Waals surface area (Å²) in [4.78, 5) is 3.72. The lowest BCUT2D eigenvalue weighted by Gasteiger charge is -2.06. The Morgan fingerprint density at radius 1 is 1.42 bits per heavy atom. The average Bonchev–Trinajstić information content (AvgIpc) is 2.03. The second-order valence-electron chi connectivity index (χ2n) is 2.17. The van der Waals surface area contributed by atoms with Gasteiger partial charge in [-0.1, -0.05) is 15.9 Å². The van der Waals surface area contributed by atoms with Gasteiger partial charge in [0.1, 0.15) is 0 Å². The van der Waals surface area contributed by atoms with Crippen molar-refractivity contribution in [2.45, 2.75) is 11.5 Å². The zero-order valence-electron chi connectivity index (χ0n) is 5.90. The largest absolute Gasteiger partial charge is 0.416 e. The molecule has 0 saturated heterocycles. The molecule has 0 aliphatic carbocycles. The van der Waals surface area contributed by atoms with Crippen molar-refractivity contribution < 1.29 is 13.2 Å². The van der Waals surface area contributed by atoms with Crippen LogP contribution < -0.4 is 0 Å². The van der Waals surface area contributed by atoms with Crippen LogP contribution in [0.3, 0.4) is 0 Å². The van der Waals surface area contributed by atoms with Gasteiger partial charge in [-0.25, -0.2) is 0 Å². The topological polar surface area (TPSA) is 12.9 Å². The molecule has 0 spiro atoms. The molecule has 0 saturated carbocycles. The van der Waals surface area contributed by atoms with E-state index in [1.165, 1.54) is 0 Å². The molecule has 0 aliphatic rings. The SMILES string of the molecule is FC(F)(F)c1ccnc(CBr)c1. The van der Waals surface area contributed by atoms with Gasteiger partial charge in [0, 0.05) is 11.5 Å². The van der Waals surface area contributed by atoms with Gasteiger partial charge < -0.3 is 0 Å². The van der Waals surface area contributed by atoms with Crippen LogP contribution in [0.1, 0.15) is 11.3 Å². The highest BCUT2D eigenvalue weighted by Gasteiger charge is 2.30. The van der Waals surface area contributed by atoms with Crippen LogP contribution >= 0.6 is 15.9 Å². The lowest BCUT2D eigenvalue weighted by atomic mass is 10.2. The molecule has 0 N–H and O–H groups in total. The maximum Gasteiger partial charge on any atom is 0.416 e. The molecular formula is C7H5BrF3N. The predicted octanol–water partition coefficient (Wildman–Crippen LogP) is 3.00. The number of nitrogens with zero attached hydrogens (tertiary/aromatic N) is 1. The van der Waals surface area contributed by atoms with Crippen LogP contribution in [-0.4, -0.2) is 4.98 Å². The van der Waals surface area contributed by atoms with Gasteiger partial charge in [0.2, 0.25) is 0 Å². The second kappa shape index (κ2) is 3.43. The lowest BCUT2D eigenvalue weighted by Crippen LogP contribution is -2.05. The molecule has 0 unspecified atom stereocenters. The van der Waals surface area contributed by atoms with E-state index in [-0.39, 0.29) is 0 Å². The summed E-state index contributed by atoms with van der Waals surface area (Å²) in [5, 5.41) is 0.330. The highest BCUT2D eigenvalue weighted by Crippen LogP contribution is 2.29. The summed E-state index contributed by atoms with van der Waals surface area (Å²) in [7, 11) is 0. The number of alkyl halides is 4. The maximum atomic E-state index is 12.1. The molecule has 0 amide bonds. The molecule has 0 atom stereocenters. The minimum absolute atomic E-state index is 0.330. The quantitative estimate of drug-likeness (QED) is 0.687. The van der Waals surface area contributed by atoms with E-state index in [0.29, 0.717) is 11.0 Å². The van der Waals surface area contributed by atoms with Crippen LogP contribution in [0.15, 0.2) is 18.3 Å². The molecule has 0 fully saturated rings. The predicted molar refractivity (Wildman–Crippen MR) is 41.9 cm³/mol. The van der Waals surface area contributed by atoms with Crippen molar-refractivity contribution in [3.8, 4) is 0 Å². The van der Waals surface area contributed by atoms with Crippen LogP contribution in [0.5, 0.6) is 0 Å². The van der Waals surface area contributed by atoms with Crippen LogP contribution in [0.4, 0.5) is 13.2 Å². The molecule has 0 aromatic carbocycles. The van der Waals surface area contributed by atoms with E-state index in [1.807, 2.05) is 0 Å². The molecule has 1 aromatic heterocycles. The first-order valence-corrected chi connectivity index (χ1v) is 4.24. The van der Waals surface area contributed by atoms with E-state index in [0.717, 1.165) is 18.3 Å². The first-order chi connectivity index (χ1) is 5.54.